The SMILES string of the molecule is CC(=O)C(N=Nc1ccccc1Nc1nc(NCCCN(C)C)nc(NCCCN(C)C)n1)C(=O)Nc1ccc2c(c1)NC(O)N2. The summed E-state index contributed by atoms with van der Waals surface area (Å²) in [6.45, 7) is 4.48. The minimum atomic E-state index is -1.38. The average Bonchev–Trinajstić information content (AvgIpc) is 3.37. The summed E-state index contributed by atoms with van der Waals surface area (Å²) in [6, 6.07) is 10.7. The smallest absolute Gasteiger partial charge is 0.258 e. The maximum Gasteiger partial charge on any atom is 0.258 e. The molecular weight excluding hydrogens is 590 g/mol. The second kappa shape index (κ2) is 16.4. The van der Waals surface area contributed by atoms with Gasteiger partial charge in [-0.2, -0.15) is 25.2 Å². The number of hydrogen-bond donors (Lipinski definition) is 7. The van der Waals surface area contributed by atoms with Gasteiger partial charge in [0.05, 0.1) is 17.1 Å². The number of anilines is 7. The number of ketones is 1. The van der Waals surface area contributed by atoms with Gasteiger partial charge >= 0.3 is 0 Å². The standard InChI is InChI=1S/C30H43N13O3/c1-19(44)25(26(45)33-20-12-13-22-24(18-20)36-30(46)35-22)41-40-23-11-7-6-10-21(23)34-29-38-27(31-14-8-16-42(2)3)37-28(39-29)32-15-9-17-43(4)5/h6-7,10-13,18,25,30,35-36,46H,8-9,14-17H2,1-5H3,(H,33,45)(H3,31,32,34,37,38,39). The molecule has 4 rings (SSSR count). The van der Waals surface area contributed by atoms with Gasteiger partial charge in [-0.15, -0.1) is 0 Å². The molecule has 0 radical (unpaired) electrons. The Hall–Kier alpha value is -4.93. The molecular formula is C30H43N13O3. The number of amides is 1. The molecule has 2 heterocycles. The Balaban J connectivity index is 1.49. The zero-order valence-corrected chi connectivity index (χ0v) is 26.8. The maximum atomic E-state index is 13.0. The van der Waals surface area contributed by atoms with Gasteiger partial charge in [-0.1, -0.05) is 12.1 Å². The zero-order valence-electron chi connectivity index (χ0n) is 26.8. The molecule has 16 nitrogen and oxygen atoms in total. The maximum absolute atomic E-state index is 13.0. The Morgan fingerprint density at radius 3 is 2.13 bits per heavy atom. The lowest BCUT2D eigenvalue weighted by Gasteiger charge is -2.14. The first-order valence-corrected chi connectivity index (χ1v) is 15.0. The van der Waals surface area contributed by atoms with Crippen molar-refractivity contribution in [1.82, 2.24) is 24.8 Å². The van der Waals surface area contributed by atoms with Gasteiger partial charge in [0.15, 0.2) is 5.78 Å². The predicted molar refractivity (Wildman–Crippen MR) is 180 cm³/mol. The number of nitrogens with zero attached hydrogens (tertiary/aromatic N) is 7. The van der Waals surface area contributed by atoms with Crippen LogP contribution in [0.1, 0.15) is 19.8 Å². The van der Waals surface area contributed by atoms with Crippen LogP contribution in [-0.4, -0.2) is 108 Å². The average molecular weight is 634 g/mol. The second-order valence-corrected chi connectivity index (χ2v) is 11.3. The Kier molecular flexibility index (Phi) is 12.1. The second-order valence-electron chi connectivity index (χ2n) is 11.3. The summed E-state index contributed by atoms with van der Waals surface area (Å²) in [5, 5.41) is 36.2. The van der Waals surface area contributed by atoms with E-state index in [1.54, 1.807) is 36.4 Å². The number of fused-ring (bicyclic) bond motifs is 1. The molecule has 0 fully saturated rings. The third kappa shape index (κ3) is 10.3. The number of aliphatic hydroxyl groups is 1. The quantitative estimate of drug-likeness (QED) is 0.0651. The Bertz CT molecular complexity index is 1480. The lowest BCUT2D eigenvalue weighted by Crippen LogP contribution is -2.31. The number of hydrogen-bond acceptors (Lipinski definition) is 15. The summed E-state index contributed by atoms with van der Waals surface area (Å²) in [5.41, 5.74) is 2.64. The van der Waals surface area contributed by atoms with E-state index in [-0.39, 0.29) is 5.95 Å². The molecule has 2 aromatic carbocycles. The molecule has 246 valence electrons. The van der Waals surface area contributed by atoms with Crippen LogP contribution in [0.25, 0.3) is 0 Å². The van der Waals surface area contributed by atoms with Gasteiger partial charge in [0, 0.05) is 18.8 Å². The van der Waals surface area contributed by atoms with Crippen LogP contribution in [0.4, 0.5) is 46.3 Å². The van der Waals surface area contributed by atoms with Crippen LogP contribution in [0.15, 0.2) is 52.7 Å². The topological polar surface area (TPSA) is 196 Å². The number of rotatable bonds is 17. The highest BCUT2D eigenvalue weighted by atomic mass is 16.3. The molecule has 0 aliphatic carbocycles. The Labute approximate surface area is 268 Å². The largest absolute Gasteiger partial charge is 0.357 e. The van der Waals surface area contributed by atoms with Gasteiger partial charge in [-0.05, 0) is 91.4 Å². The van der Waals surface area contributed by atoms with E-state index >= 15 is 0 Å². The van der Waals surface area contributed by atoms with E-state index < -0.39 is 24.1 Å². The molecule has 46 heavy (non-hydrogen) atoms. The number of benzene rings is 2. The van der Waals surface area contributed by atoms with Crippen molar-refractivity contribution in [2.75, 3.05) is 86.3 Å². The van der Waals surface area contributed by atoms with Gasteiger partial charge in [-0.25, -0.2) is 0 Å². The number of azo groups is 1. The number of Topliss-reactive ketones (excluding diaryl/α,β-unsaturated/α-hetero) is 1. The van der Waals surface area contributed by atoms with Crippen molar-refractivity contribution in [3.63, 3.8) is 0 Å². The minimum Gasteiger partial charge on any atom is -0.357 e. The highest BCUT2D eigenvalue weighted by molar-refractivity contribution is 6.10. The fraction of sp³-hybridized carbons (Fsp3) is 0.433. The van der Waals surface area contributed by atoms with Crippen molar-refractivity contribution < 1.29 is 14.7 Å². The summed E-state index contributed by atoms with van der Waals surface area (Å²) in [4.78, 5) is 43.3. The molecule has 0 bridgehead atoms. The van der Waals surface area contributed by atoms with Crippen molar-refractivity contribution in [3.8, 4) is 0 Å². The summed E-state index contributed by atoms with van der Waals surface area (Å²) in [6.07, 6.45) is 0.896. The van der Waals surface area contributed by atoms with E-state index in [0.29, 0.717) is 53.4 Å². The van der Waals surface area contributed by atoms with Gasteiger partial charge in [-0.3, -0.25) is 9.59 Å². The third-order valence-corrected chi connectivity index (χ3v) is 6.70. The summed E-state index contributed by atoms with van der Waals surface area (Å²) < 4.78 is 0. The van der Waals surface area contributed by atoms with E-state index in [9.17, 15) is 14.7 Å². The van der Waals surface area contributed by atoms with Crippen molar-refractivity contribution in [2.45, 2.75) is 32.2 Å². The van der Waals surface area contributed by atoms with Crippen molar-refractivity contribution in [3.05, 3.63) is 42.5 Å². The molecule has 1 aliphatic rings. The van der Waals surface area contributed by atoms with Crippen LogP contribution in [0.5, 0.6) is 0 Å². The first-order valence-electron chi connectivity index (χ1n) is 15.0. The minimum absolute atomic E-state index is 0.286. The van der Waals surface area contributed by atoms with Crippen LogP contribution in [0.3, 0.4) is 0 Å². The highest BCUT2D eigenvalue weighted by Crippen LogP contribution is 2.31. The molecule has 2 unspecified atom stereocenters. The molecule has 1 aliphatic heterocycles. The first-order chi connectivity index (χ1) is 22.1. The molecule has 2 atom stereocenters. The van der Waals surface area contributed by atoms with Crippen molar-refractivity contribution in [2.24, 2.45) is 10.2 Å². The van der Waals surface area contributed by atoms with Crippen LogP contribution >= 0.6 is 0 Å². The van der Waals surface area contributed by atoms with E-state index in [1.165, 1.54) is 6.92 Å². The Morgan fingerprint density at radius 2 is 1.50 bits per heavy atom. The van der Waals surface area contributed by atoms with Gasteiger partial charge in [0.2, 0.25) is 30.2 Å². The summed E-state index contributed by atoms with van der Waals surface area (Å²) in [5.74, 6) is 0.0151. The molecule has 1 amide bonds. The molecule has 0 saturated carbocycles. The molecule has 3 aromatic rings. The number of nitrogens with one attached hydrogen (secondary N) is 6. The van der Waals surface area contributed by atoms with E-state index in [4.69, 9.17) is 0 Å². The van der Waals surface area contributed by atoms with Gasteiger partial charge in [0.25, 0.3) is 5.91 Å². The molecule has 0 saturated heterocycles. The predicted octanol–water partition coefficient (Wildman–Crippen LogP) is 3.14. The van der Waals surface area contributed by atoms with E-state index in [2.05, 4.69) is 66.9 Å². The molecule has 7 N–H and O–H groups in total. The monoisotopic (exact) mass is 633 g/mol. The summed E-state index contributed by atoms with van der Waals surface area (Å²) >= 11 is 0. The Morgan fingerprint density at radius 1 is 0.891 bits per heavy atom. The fourth-order valence-electron chi connectivity index (χ4n) is 4.41. The number of aliphatic hydroxyl groups excluding tert-OH is 1. The zero-order chi connectivity index (χ0) is 33.1. The lowest BCUT2D eigenvalue weighted by molar-refractivity contribution is -0.126. The van der Waals surface area contributed by atoms with Gasteiger partial charge < -0.3 is 46.8 Å². The number of para-hydroxylation sites is 1. The van der Waals surface area contributed by atoms with Crippen LogP contribution in [-0.2, 0) is 9.59 Å². The lowest BCUT2D eigenvalue weighted by atomic mass is 10.2. The molecule has 16 heteroatoms. The summed E-state index contributed by atoms with van der Waals surface area (Å²) in [7, 11) is 8.10. The third-order valence-electron chi connectivity index (χ3n) is 6.70. The van der Waals surface area contributed by atoms with Crippen LogP contribution in [0, 0.1) is 0 Å². The van der Waals surface area contributed by atoms with E-state index in [0.717, 1.165) is 25.9 Å². The van der Waals surface area contributed by atoms with Crippen molar-refractivity contribution in [1.29, 1.82) is 0 Å². The normalized spacial score (nSPS) is 14.5. The van der Waals surface area contributed by atoms with Gasteiger partial charge in [0.1, 0.15) is 5.69 Å². The number of carbonyl (C=O) groups excluding carboxylic acids is 2. The first kappa shape index (κ1) is 34.0. The number of carbonyl (C=O) groups is 2. The molecule has 1 aromatic heterocycles. The highest BCUT2D eigenvalue weighted by Gasteiger charge is 2.24. The van der Waals surface area contributed by atoms with Crippen LogP contribution in [0.2, 0.25) is 0 Å². The van der Waals surface area contributed by atoms with E-state index in [1.807, 2.05) is 34.3 Å². The fourth-order valence-corrected chi connectivity index (χ4v) is 4.41. The van der Waals surface area contributed by atoms with Crippen molar-refractivity contribution >= 4 is 58.0 Å². The number of aromatic nitrogens is 3. The molecule has 0 spiro atoms. The van der Waals surface area contributed by atoms with Crippen LogP contribution < -0.4 is 31.9 Å².